The van der Waals surface area contributed by atoms with Gasteiger partial charge in [-0.2, -0.15) is 0 Å². The van der Waals surface area contributed by atoms with Crippen molar-refractivity contribution in [2.24, 2.45) is 11.8 Å². The quantitative estimate of drug-likeness (QED) is 0.779. The molecule has 1 N–H and O–H groups in total. The molecule has 1 heterocycles. The van der Waals surface area contributed by atoms with Gasteiger partial charge in [-0.05, 0) is 46.2 Å². The molecule has 1 aliphatic rings. The molecule has 0 bridgehead atoms. The van der Waals surface area contributed by atoms with Crippen molar-refractivity contribution in [3.05, 3.63) is 0 Å². The second kappa shape index (κ2) is 5.17. The number of amides is 1. The molecular formula is C13H26N2O. The predicted molar refractivity (Wildman–Crippen MR) is 67.3 cm³/mol. The molecule has 94 valence electrons. The van der Waals surface area contributed by atoms with Crippen molar-refractivity contribution in [2.45, 2.75) is 46.6 Å². The standard InChI is InChI=1S/C13H26N2O/c1-6-15-8-7-11(10(2)9-15)12(16)14-13(3,4)5/h10-11H,6-9H2,1-5H3,(H,14,16). The van der Waals surface area contributed by atoms with Crippen LogP contribution in [0.4, 0.5) is 0 Å². The van der Waals surface area contributed by atoms with Gasteiger partial charge in [0, 0.05) is 18.0 Å². The summed E-state index contributed by atoms with van der Waals surface area (Å²) >= 11 is 0. The van der Waals surface area contributed by atoms with Crippen molar-refractivity contribution in [2.75, 3.05) is 19.6 Å². The lowest BCUT2D eigenvalue weighted by atomic mass is 9.85. The first-order chi connectivity index (χ1) is 7.33. The van der Waals surface area contributed by atoms with Crippen molar-refractivity contribution < 1.29 is 4.79 Å². The van der Waals surface area contributed by atoms with Gasteiger partial charge in [0.25, 0.3) is 0 Å². The average Bonchev–Trinajstić information content (AvgIpc) is 2.14. The number of nitrogens with zero attached hydrogens (tertiary/aromatic N) is 1. The van der Waals surface area contributed by atoms with Crippen LogP contribution in [0.5, 0.6) is 0 Å². The highest BCUT2D eigenvalue weighted by Crippen LogP contribution is 2.23. The van der Waals surface area contributed by atoms with E-state index >= 15 is 0 Å². The second-order valence-electron chi connectivity index (χ2n) is 6.00. The zero-order valence-electron chi connectivity index (χ0n) is 11.3. The van der Waals surface area contributed by atoms with Crippen LogP contribution in [0.25, 0.3) is 0 Å². The smallest absolute Gasteiger partial charge is 0.223 e. The van der Waals surface area contributed by atoms with Crippen LogP contribution in [0, 0.1) is 11.8 Å². The summed E-state index contributed by atoms with van der Waals surface area (Å²) in [4.78, 5) is 14.5. The third-order valence-electron chi connectivity index (χ3n) is 3.27. The van der Waals surface area contributed by atoms with E-state index in [1.165, 1.54) is 0 Å². The zero-order chi connectivity index (χ0) is 12.3. The normalized spacial score (nSPS) is 27.8. The predicted octanol–water partition coefficient (Wildman–Crippen LogP) is 1.88. The van der Waals surface area contributed by atoms with Gasteiger partial charge in [0.1, 0.15) is 0 Å². The first kappa shape index (κ1) is 13.5. The van der Waals surface area contributed by atoms with Gasteiger partial charge in [0.05, 0.1) is 0 Å². The largest absolute Gasteiger partial charge is 0.351 e. The third kappa shape index (κ3) is 3.78. The maximum atomic E-state index is 12.1. The average molecular weight is 226 g/mol. The van der Waals surface area contributed by atoms with Gasteiger partial charge in [-0.15, -0.1) is 0 Å². The number of nitrogens with one attached hydrogen (secondary N) is 1. The van der Waals surface area contributed by atoms with E-state index in [0.29, 0.717) is 5.92 Å². The van der Waals surface area contributed by atoms with Gasteiger partial charge in [-0.25, -0.2) is 0 Å². The lowest BCUT2D eigenvalue weighted by molar-refractivity contribution is -0.129. The molecule has 0 saturated carbocycles. The molecule has 1 fully saturated rings. The molecule has 1 saturated heterocycles. The molecular weight excluding hydrogens is 200 g/mol. The second-order valence-corrected chi connectivity index (χ2v) is 6.00. The van der Waals surface area contributed by atoms with Crippen LogP contribution in [-0.4, -0.2) is 36.0 Å². The molecule has 3 nitrogen and oxygen atoms in total. The summed E-state index contributed by atoms with van der Waals surface area (Å²) in [7, 11) is 0. The Balaban J connectivity index is 2.52. The fourth-order valence-electron chi connectivity index (χ4n) is 2.37. The maximum absolute atomic E-state index is 12.1. The van der Waals surface area contributed by atoms with Crippen LogP contribution in [0.3, 0.4) is 0 Å². The first-order valence-electron chi connectivity index (χ1n) is 6.38. The molecule has 0 aromatic heterocycles. The van der Waals surface area contributed by atoms with E-state index in [0.717, 1.165) is 26.1 Å². The van der Waals surface area contributed by atoms with Gasteiger partial charge in [0.2, 0.25) is 5.91 Å². The molecule has 3 heteroatoms. The van der Waals surface area contributed by atoms with Crippen molar-refractivity contribution in [3.63, 3.8) is 0 Å². The number of hydrogen-bond donors (Lipinski definition) is 1. The topological polar surface area (TPSA) is 32.3 Å². The minimum Gasteiger partial charge on any atom is -0.351 e. The van der Waals surface area contributed by atoms with Crippen molar-refractivity contribution in [1.29, 1.82) is 0 Å². The summed E-state index contributed by atoms with van der Waals surface area (Å²) in [6.45, 7) is 13.7. The van der Waals surface area contributed by atoms with Gasteiger partial charge < -0.3 is 10.2 Å². The molecule has 2 unspecified atom stereocenters. The van der Waals surface area contributed by atoms with E-state index in [2.05, 4.69) is 24.1 Å². The zero-order valence-corrected chi connectivity index (χ0v) is 11.3. The molecule has 0 aromatic carbocycles. The molecule has 16 heavy (non-hydrogen) atoms. The van der Waals surface area contributed by atoms with Gasteiger partial charge in [-0.1, -0.05) is 13.8 Å². The molecule has 1 aliphatic heterocycles. The fourth-order valence-corrected chi connectivity index (χ4v) is 2.37. The van der Waals surface area contributed by atoms with Crippen molar-refractivity contribution in [3.8, 4) is 0 Å². The van der Waals surface area contributed by atoms with Gasteiger partial charge >= 0.3 is 0 Å². The Kier molecular flexibility index (Phi) is 4.36. The number of carbonyl (C=O) groups is 1. The fraction of sp³-hybridized carbons (Fsp3) is 0.923. The van der Waals surface area contributed by atoms with Gasteiger partial charge in [-0.3, -0.25) is 4.79 Å². The van der Waals surface area contributed by atoms with Gasteiger partial charge in [0.15, 0.2) is 0 Å². The molecule has 1 amide bonds. The summed E-state index contributed by atoms with van der Waals surface area (Å²) in [6, 6.07) is 0. The Labute approximate surface area is 99.6 Å². The SMILES string of the molecule is CCN1CCC(C(=O)NC(C)(C)C)C(C)C1. The van der Waals surface area contributed by atoms with Crippen molar-refractivity contribution in [1.82, 2.24) is 10.2 Å². The maximum Gasteiger partial charge on any atom is 0.223 e. The molecule has 0 aromatic rings. The lowest BCUT2D eigenvalue weighted by Crippen LogP contribution is -2.49. The van der Waals surface area contributed by atoms with E-state index in [1.807, 2.05) is 20.8 Å². The third-order valence-corrected chi connectivity index (χ3v) is 3.27. The Hall–Kier alpha value is -0.570. The Bertz CT molecular complexity index is 245. The summed E-state index contributed by atoms with van der Waals surface area (Å²) in [5, 5.41) is 3.09. The van der Waals surface area contributed by atoms with Crippen LogP contribution < -0.4 is 5.32 Å². The minimum atomic E-state index is -0.112. The highest BCUT2D eigenvalue weighted by molar-refractivity contribution is 5.79. The van der Waals surface area contributed by atoms with Crippen molar-refractivity contribution >= 4 is 5.91 Å². The van der Waals surface area contributed by atoms with E-state index in [1.54, 1.807) is 0 Å². The Morgan fingerprint density at radius 1 is 1.44 bits per heavy atom. The monoisotopic (exact) mass is 226 g/mol. The van der Waals surface area contributed by atoms with Crippen LogP contribution >= 0.6 is 0 Å². The molecule has 2 atom stereocenters. The summed E-state index contributed by atoms with van der Waals surface area (Å²) in [5.74, 6) is 0.897. The van der Waals surface area contributed by atoms with E-state index < -0.39 is 0 Å². The highest BCUT2D eigenvalue weighted by Gasteiger charge is 2.32. The number of likely N-dealkylation sites (tertiary alicyclic amines) is 1. The van der Waals surface area contributed by atoms with E-state index in [9.17, 15) is 4.79 Å². The van der Waals surface area contributed by atoms with E-state index in [4.69, 9.17) is 0 Å². The molecule has 0 aliphatic carbocycles. The number of hydrogen-bond acceptors (Lipinski definition) is 2. The Morgan fingerprint density at radius 3 is 2.50 bits per heavy atom. The molecule has 0 radical (unpaired) electrons. The summed E-state index contributed by atoms with van der Waals surface area (Å²) in [5.41, 5.74) is -0.112. The number of rotatable bonds is 2. The first-order valence-corrected chi connectivity index (χ1v) is 6.38. The lowest BCUT2D eigenvalue weighted by Gasteiger charge is -2.36. The highest BCUT2D eigenvalue weighted by atomic mass is 16.2. The van der Waals surface area contributed by atoms with Crippen LogP contribution in [0.15, 0.2) is 0 Å². The van der Waals surface area contributed by atoms with Crippen LogP contribution in [-0.2, 0) is 4.79 Å². The summed E-state index contributed by atoms with van der Waals surface area (Å²) < 4.78 is 0. The molecule has 0 spiro atoms. The summed E-state index contributed by atoms with van der Waals surface area (Å²) in [6.07, 6.45) is 0.997. The Morgan fingerprint density at radius 2 is 2.06 bits per heavy atom. The van der Waals surface area contributed by atoms with Crippen LogP contribution in [0.1, 0.15) is 41.0 Å². The number of piperidine rings is 1. The number of carbonyl (C=O) groups excluding carboxylic acids is 1. The minimum absolute atomic E-state index is 0.112. The van der Waals surface area contributed by atoms with Crippen LogP contribution in [0.2, 0.25) is 0 Å². The van der Waals surface area contributed by atoms with E-state index in [-0.39, 0.29) is 17.4 Å². The molecule has 1 rings (SSSR count).